The fraction of sp³-hybridized carbons (Fsp3) is 0.278. The van der Waals surface area contributed by atoms with Crippen LogP contribution in [0, 0.1) is 17.5 Å². The number of amides is 1. The van der Waals surface area contributed by atoms with Crippen LogP contribution >= 0.6 is 0 Å². The molecule has 0 aliphatic carbocycles. The molecule has 3 rings (SSSR count). The molecule has 0 spiro atoms. The summed E-state index contributed by atoms with van der Waals surface area (Å²) in [4.78, 5) is 12.3. The predicted octanol–water partition coefficient (Wildman–Crippen LogP) is 2.69. The van der Waals surface area contributed by atoms with Crippen molar-refractivity contribution in [2.75, 3.05) is 13.1 Å². The van der Waals surface area contributed by atoms with Crippen LogP contribution in [0.1, 0.15) is 23.2 Å². The van der Waals surface area contributed by atoms with Crippen LogP contribution in [0.5, 0.6) is 0 Å². The summed E-state index contributed by atoms with van der Waals surface area (Å²) in [5.41, 5.74) is -0.590. The Labute approximate surface area is 154 Å². The van der Waals surface area contributed by atoms with E-state index < -0.39 is 45.0 Å². The zero-order valence-electron chi connectivity index (χ0n) is 14.2. The van der Waals surface area contributed by atoms with Crippen molar-refractivity contribution in [2.45, 2.75) is 23.8 Å². The van der Waals surface area contributed by atoms with Crippen LogP contribution in [0.25, 0.3) is 0 Å². The Morgan fingerprint density at radius 3 is 2.22 bits per heavy atom. The monoisotopic (exact) mass is 398 g/mol. The number of benzene rings is 2. The van der Waals surface area contributed by atoms with Crippen molar-refractivity contribution in [3.05, 3.63) is 65.5 Å². The van der Waals surface area contributed by atoms with Crippen LogP contribution in [-0.2, 0) is 10.0 Å². The van der Waals surface area contributed by atoms with E-state index in [4.69, 9.17) is 0 Å². The minimum absolute atomic E-state index is 0.183. The number of sulfonamides is 1. The summed E-state index contributed by atoms with van der Waals surface area (Å²) in [6, 6.07) is 9.17. The van der Waals surface area contributed by atoms with Gasteiger partial charge in [0.25, 0.3) is 5.91 Å². The van der Waals surface area contributed by atoms with Gasteiger partial charge in [-0.05, 0) is 37.1 Å². The molecule has 2 aromatic rings. The van der Waals surface area contributed by atoms with E-state index in [0.29, 0.717) is 18.9 Å². The van der Waals surface area contributed by atoms with Crippen LogP contribution in [0.15, 0.2) is 47.4 Å². The third kappa shape index (κ3) is 3.98. The lowest BCUT2D eigenvalue weighted by Gasteiger charge is -2.31. The molecule has 5 nitrogen and oxygen atoms in total. The fourth-order valence-electron chi connectivity index (χ4n) is 2.95. The van der Waals surface area contributed by atoms with Crippen LogP contribution in [0.3, 0.4) is 0 Å². The Bertz CT molecular complexity index is 944. The lowest BCUT2D eigenvalue weighted by atomic mass is 10.1. The highest BCUT2D eigenvalue weighted by atomic mass is 32.2. The second-order valence-corrected chi connectivity index (χ2v) is 8.13. The van der Waals surface area contributed by atoms with E-state index in [1.54, 1.807) is 18.2 Å². The number of hydrogen-bond donors (Lipinski definition) is 1. The van der Waals surface area contributed by atoms with Crippen molar-refractivity contribution in [1.82, 2.24) is 9.62 Å². The van der Waals surface area contributed by atoms with E-state index in [9.17, 15) is 26.4 Å². The smallest absolute Gasteiger partial charge is 0.254 e. The molecule has 9 heteroatoms. The summed E-state index contributed by atoms with van der Waals surface area (Å²) in [6.07, 6.45) is 0.645. The molecule has 1 amide bonds. The summed E-state index contributed by atoms with van der Waals surface area (Å²) in [6.45, 7) is 0.366. The Morgan fingerprint density at radius 1 is 0.963 bits per heavy atom. The second-order valence-electron chi connectivity index (χ2n) is 6.19. The van der Waals surface area contributed by atoms with Crippen molar-refractivity contribution in [3.8, 4) is 0 Å². The van der Waals surface area contributed by atoms with Gasteiger partial charge in [-0.3, -0.25) is 4.79 Å². The minimum atomic E-state index is -3.61. The molecule has 27 heavy (non-hydrogen) atoms. The first-order chi connectivity index (χ1) is 12.8. The Morgan fingerprint density at radius 2 is 1.59 bits per heavy atom. The molecular formula is C18H17F3N2O3S. The summed E-state index contributed by atoms with van der Waals surface area (Å²) >= 11 is 0. The first-order valence-corrected chi connectivity index (χ1v) is 9.74. The summed E-state index contributed by atoms with van der Waals surface area (Å²) < 4.78 is 66.4. The Kier molecular flexibility index (Phi) is 5.52. The summed E-state index contributed by atoms with van der Waals surface area (Å²) in [5.74, 6) is -5.48. The van der Waals surface area contributed by atoms with Gasteiger partial charge in [-0.25, -0.2) is 21.6 Å². The van der Waals surface area contributed by atoms with Crippen LogP contribution in [-0.4, -0.2) is 37.8 Å². The number of carbonyl (C=O) groups is 1. The predicted molar refractivity (Wildman–Crippen MR) is 92.0 cm³/mol. The van der Waals surface area contributed by atoms with E-state index in [1.807, 2.05) is 0 Å². The van der Waals surface area contributed by atoms with Crippen LogP contribution < -0.4 is 5.32 Å². The molecule has 0 atom stereocenters. The van der Waals surface area contributed by atoms with Crippen molar-refractivity contribution in [1.29, 1.82) is 0 Å². The highest BCUT2D eigenvalue weighted by Crippen LogP contribution is 2.21. The first kappa shape index (κ1) is 19.4. The van der Waals surface area contributed by atoms with Gasteiger partial charge in [0, 0.05) is 19.1 Å². The average molecular weight is 398 g/mol. The number of nitrogens with one attached hydrogen (secondary N) is 1. The van der Waals surface area contributed by atoms with Gasteiger partial charge in [-0.15, -0.1) is 0 Å². The molecule has 2 aromatic carbocycles. The van der Waals surface area contributed by atoms with Crippen LogP contribution in [0.4, 0.5) is 13.2 Å². The molecule has 1 aliphatic heterocycles. The van der Waals surface area contributed by atoms with E-state index in [-0.39, 0.29) is 18.0 Å². The molecular weight excluding hydrogens is 381 g/mol. The van der Waals surface area contributed by atoms with Gasteiger partial charge < -0.3 is 5.32 Å². The number of hydrogen-bond acceptors (Lipinski definition) is 3. The molecule has 0 unspecified atom stereocenters. The second kappa shape index (κ2) is 7.69. The quantitative estimate of drug-likeness (QED) is 0.806. The largest absolute Gasteiger partial charge is 0.349 e. The van der Waals surface area contributed by atoms with Gasteiger partial charge >= 0.3 is 0 Å². The van der Waals surface area contributed by atoms with E-state index in [2.05, 4.69) is 5.32 Å². The van der Waals surface area contributed by atoms with E-state index >= 15 is 0 Å². The van der Waals surface area contributed by atoms with Gasteiger partial charge in [-0.1, -0.05) is 18.2 Å². The normalized spacial score (nSPS) is 16.3. The van der Waals surface area contributed by atoms with E-state index in [1.165, 1.54) is 16.4 Å². The topological polar surface area (TPSA) is 66.5 Å². The van der Waals surface area contributed by atoms with Crippen molar-refractivity contribution < 1.29 is 26.4 Å². The van der Waals surface area contributed by atoms with Gasteiger partial charge in [0.05, 0.1) is 10.5 Å². The molecule has 1 fully saturated rings. The Hall–Kier alpha value is -2.39. The number of rotatable bonds is 4. The SMILES string of the molecule is O=C(NC1CCN(S(=O)(=O)c2ccccc2)CC1)c1ccc(F)c(F)c1F. The lowest BCUT2D eigenvalue weighted by Crippen LogP contribution is -2.46. The minimum Gasteiger partial charge on any atom is -0.349 e. The Balaban J connectivity index is 1.63. The molecule has 1 N–H and O–H groups in total. The molecule has 0 radical (unpaired) electrons. The average Bonchev–Trinajstić information content (AvgIpc) is 2.67. The molecule has 0 aromatic heterocycles. The number of nitrogens with zero attached hydrogens (tertiary/aromatic N) is 1. The van der Waals surface area contributed by atoms with E-state index in [0.717, 1.165) is 6.07 Å². The third-order valence-electron chi connectivity index (χ3n) is 4.45. The zero-order valence-corrected chi connectivity index (χ0v) is 15.0. The molecule has 1 saturated heterocycles. The summed E-state index contributed by atoms with van der Waals surface area (Å²) in [7, 11) is -3.61. The summed E-state index contributed by atoms with van der Waals surface area (Å²) in [5, 5.41) is 2.54. The fourth-order valence-corrected chi connectivity index (χ4v) is 4.44. The standard InChI is InChI=1S/C18H17F3N2O3S/c19-15-7-6-14(16(20)17(15)21)18(24)22-12-8-10-23(11-9-12)27(25,26)13-4-2-1-3-5-13/h1-7,12H,8-11H2,(H,22,24). The van der Waals surface area contributed by atoms with Crippen LogP contribution in [0.2, 0.25) is 0 Å². The number of piperidine rings is 1. The third-order valence-corrected chi connectivity index (χ3v) is 6.36. The van der Waals surface area contributed by atoms with Gasteiger partial charge in [-0.2, -0.15) is 4.31 Å². The van der Waals surface area contributed by atoms with Gasteiger partial charge in [0.2, 0.25) is 10.0 Å². The first-order valence-electron chi connectivity index (χ1n) is 8.30. The van der Waals surface area contributed by atoms with Crippen molar-refractivity contribution >= 4 is 15.9 Å². The van der Waals surface area contributed by atoms with Crippen molar-refractivity contribution in [3.63, 3.8) is 0 Å². The highest BCUT2D eigenvalue weighted by Gasteiger charge is 2.30. The molecule has 1 aliphatic rings. The van der Waals surface area contributed by atoms with Gasteiger partial charge in [0.1, 0.15) is 0 Å². The molecule has 1 heterocycles. The van der Waals surface area contributed by atoms with Crippen molar-refractivity contribution in [2.24, 2.45) is 0 Å². The van der Waals surface area contributed by atoms with Gasteiger partial charge in [0.15, 0.2) is 17.5 Å². The number of carbonyl (C=O) groups excluding carboxylic acids is 1. The maximum absolute atomic E-state index is 13.7. The zero-order chi connectivity index (χ0) is 19.6. The highest BCUT2D eigenvalue weighted by molar-refractivity contribution is 7.89. The maximum atomic E-state index is 13.7. The molecule has 0 bridgehead atoms. The lowest BCUT2D eigenvalue weighted by molar-refractivity contribution is 0.0918. The maximum Gasteiger partial charge on any atom is 0.254 e. The number of halogens is 3. The molecule has 144 valence electrons. The molecule has 0 saturated carbocycles.